The molecule has 0 aromatic carbocycles. The molecule has 3 nitrogen and oxygen atoms in total. The fourth-order valence-electron chi connectivity index (χ4n) is 1.88. The lowest BCUT2D eigenvalue weighted by Crippen LogP contribution is -2.34. The second kappa shape index (κ2) is 4.38. The van der Waals surface area contributed by atoms with Gasteiger partial charge in [0, 0.05) is 18.0 Å². The van der Waals surface area contributed by atoms with Gasteiger partial charge in [-0.3, -0.25) is 0 Å². The molecule has 1 N–H and O–H groups in total. The maximum Gasteiger partial charge on any atom is 0.0795 e. The van der Waals surface area contributed by atoms with Crippen molar-refractivity contribution >= 4 is 11.3 Å². The third-order valence-electron chi connectivity index (χ3n) is 2.63. The largest absolute Gasteiger partial charge is 0.374 e. The molecule has 2 heterocycles. The molecule has 0 amide bonds. The lowest BCUT2D eigenvalue weighted by molar-refractivity contribution is 0.0604. The molecule has 1 aliphatic rings. The Hall–Kier alpha value is -0.450. The highest BCUT2D eigenvalue weighted by atomic mass is 32.1. The summed E-state index contributed by atoms with van der Waals surface area (Å²) in [5, 5.41) is 5.56. The van der Waals surface area contributed by atoms with E-state index in [0.29, 0.717) is 18.2 Å². The van der Waals surface area contributed by atoms with Gasteiger partial charge in [-0.25, -0.2) is 4.98 Å². The van der Waals surface area contributed by atoms with Gasteiger partial charge >= 0.3 is 0 Å². The van der Waals surface area contributed by atoms with Crippen LogP contribution in [0.1, 0.15) is 26.0 Å². The van der Waals surface area contributed by atoms with Gasteiger partial charge in [-0.15, -0.1) is 11.3 Å². The van der Waals surface area contributed by atoms with Crippen molar-refractivity contribution in [1.29, 1.82) is 0 Å². The summed E-state index contributed by atoms with van der Waals surface area (Å²) >= 11 is 1.64. The molecule has 1 aromatic rings. The van der Waals surface area contributed by atoms with Crippen LogP contribution in [-0.4, -0.2) is 23.2 Å². The molecular weight excluding hydrogens is 196 g/mol. The molecule has 1 aliphatic heterocycles. The quantitative estimate of drug-likeness (QED) is 0.829. The van der Waals surface area contributed by atoms with Gasteiger partial charge < -0.3 is 10.1 Å². The first-order valence-electron chi connectivity index (χ1n) is 5.01. The Morgan fingerprint density at radius 2 is 2.50 bits per heavy atom. The minimum atomic E-state index is 0.323. The van der Waals surface area contributed by atoms with Gasteiger partial charge in [0.25, 0.3) is 0 Å². The Kier molecular flexibility index (Phi) is 3.15. The van der Waals surface area contributed by atoms with Gasteiger partial charge in [0.05, 0.1) is 23.4 Å². The van der Waals surface area contributed by atoms with Crippen molar-refractivity contribution in [3.63, 3.8) is 0 Å². The first-order valence-corrected chi connectivity index (χ1v) is 5.96. The topological polar surface area (TPSA) is 34.2 Å². The van der Waals surface area contributed by atoms with Gasteiger partial charge in [-0.1, -0.05) is 0 Å². The average molecular weight is 212 g/mol. The molecule has 0 bridgehead atoms. The lowest BCUT2D eigenvalue weighted by atomic mass is 10.1. The molecule has 0 aliphatic carbocycles. The van der Waals surface area contributed by atoms with Gasteiger partial charge in [-0.2, -0.15) is 0 Å². The van der Waals surface area contributed by atoms with Crippen molar-refractivity contribution in [1.82, 2.24) is 10.3 Å². The molecule has 0 spiro atoms. The Balaban J connectivity index is 1.81. The number of hydrogen-bond acceptors (Lipinski definition) is 4. The number of nitrogens with one attached hydrogen (secondary N) is 1. The summed E-state index contributed by atoms with van der Waals surface area (Å²) in [6.07, 6.45) is 1.81. The fraction of sp³-hybridized carbons (Fsp3) is 0.700. The van der Waals surface area contributed by atoms with Crippen molar-refractivity contribution in [2.24, 2.45) is 0 Å². The summed E-state index contributed by atoms with van der Waals surface area (Å²) in [5.74, 6) is 0. The molecule has 14 heavy (non-hydrogen) atoms. The zero-order valence-corrected chi connectivity index (χ0v) is 9.38. The maximum atomic E-state index is 5.66. The summed E-state index contributed by atoms with van der Waals surface area (Å²) in [7, 11) is 0. The van der Waals surface area contributed by atoms with Crippen LogP contribution in [-0.2, 0) is 11.3 Å². The molecule has 3 atom stereocenters. The third kappa shape index (κ3) is 2.32. The summed E-state index contributed by atoms with van der Waals surface area (Å²) in [5.41, 5.74) is 3.00. The van der Waals surface area contributed by atoms with E-state index in [1.807, 2.05) is 5.51 Å². The summed E-state index contributed by atoms with van der Waals surface area (Å²) in [6.45, 7) is 5.11. The molecular formula is C10H16N2OS. The molecule has 1 aromatic heterocycles. The van der Waals surface area contributed by atoms with Crippen LogP contribution in [0.5, 0.6) is 0 Å². The van der Waals surface area contributed by atoms with Crippen LogP contribution in [0.25, 0.3) is 0 Å². The molecule has 1 fully saturated rings. The fourth-order valence-corrected chi connectivity index (χ4v) is 2.43. The van der Waals surface area contributed by atoms with Gasteiger partial charge in [0.1, 0.15) is 0 Å². The van der Waals surface area contributed by atoms with Crippen LogP contribution in [0.2, 0.25) is 0 Å². The number of nitrogens with zero attached hydrogens (tertiary/aromatic N) is 1. The van der Waals surface area contributed by atoms with E-state index in [2.05, 4.69) is 29.5 Å². The monoisotopic (exact) mass is 212 g/mol. The molecule has 3 unspecified atom stereocenters. The van der Waals surface area contributed by atoms with Crippen LogP contribution in [0, 0.1) is 0 Å². The van der Waals surface area contributed by atoms with Crippen LogP contribution in [0.4, 0.5) is 0 Å². The highest BCUT2D eigenvalue weighted by Crippen LogP contribution is 2.19. The van der Waals surface area contributed by atoms with Crippen molar-refractivity contribution in [2.45, 2.75) is 45.1 Å². The predicted molar refractivity (Wildman–Crippen MR) is 57.4 cm³/mol. The second-order valence-electron chi connectivity index (χ2n) is 3.85. The standard InChI is InChI=1S/C10H16N2OS/c1-7-3-10(8(2)13-7)11-4-9-5-14-6-12-9/h5-8,10-11H,3-4H2,1-2H3. The van der Waals surface area contributed by atoms with Gasteiger partial charge in [0.15, 0.2) is 0 Å². The smallest absolute Gasteiger partial charge is 0.0795 e. The molecule has 78 valence electrons. The van der Waals surface area contributed by atoms with Crippen molar-refractivity contribution in [3.8, 4) is 0 Å². The Bertz CT molecular complexity index is 276. The second-order valence-corrected chi connectivity index (χ2v) is 4.57. The minimum absolute atomic E-state index is 0.323. The van der Waals surface area contributed by atoms with Crippen molar-refractivity contribution < 1.29 is 4.74 Å². The Labute approximate surface area is 88.5 Å². The summed E-state index contributed by atoms with van der Waals surface area (Å²) in [6, 6.07) is 0.478. The lowest BCUT2D eigenvalue weighted by Gasteiger charge is -2.14. The number of thiazole rings is 1. The van der Waals surface area contributed by atoms with Crippen LogP contribution >= 0.6 is 11.3 Å². The van der Waals surface area contributed by atoms with E-state index in [4.69, 9.17) is 4.74 Å². The minimum Gasteiger partial charge on any atom is -0.374 e. The van der Waals surface area contributed by atoms with E-state index in [-0.39, 0.29) is 0 Å². The average Bonchev–Trinajstić information content (AvgIpc) is 2.72. The molecule has 1 saturated heterocycles. The zero-order chi connectivity index (χ0) is 9.97. The predicted octanol–water partition coefficient (Wildman–Crippen LogP) is 1.80. The van der Waals surface area contributed by atoms with Gasteiger partial charge in [0.2, 0.25) is 0 Å². The first kappa shape index (κ1) is 10.1. The van der Waals surface area contributed by atoms with Crippen LogP contribution in [0.15, 0.2) is 10.9 Å². The highest BCUT2D eigenvalue weighted by Gasteiger charge is 2.28. The number of ether oxygens (including phenoxy) is 1. The van der Waals surface area contributed by atoms with E-state index in [9.17, 15) is 0 Å². The number of hydrogen-bond donors (Lipinski definition) is 1. The Morgan fingerprint density at radius 1 is 1.64 bits per heavy atom. The van der Waals surface area contributed by atoms with Crippen molar-refractivity contribution in [3.05, 3.63) is 16.6 Å². The Morgan fingerprint density at radius 3 is 3.07 bits per heavy atom. The van der Waals surface area contributed by atoms with Gasteiger partial charge in [-0.05, 0) is 20.3 Å². The van der Waals surface area contributed by atoms with E-state index in [1.54, 1.807) is 11.3 Å². The summed E-state index contributed by atoms with van der Waals surface area (Å²) in [4.78, 5) is 4.24. The molecule has 0 saturated carbocycles. The highest BCUT2D eigenvalue weighted by molar-refractivity contribution is 7.07. The molecule has 4 heteroatoms. The third-order valence-corrected chi connectivity index (χ3v) is 3.26. The van der Waals surface area contributed by atoms with E-state index in [0.717, 1.165) is 18.7 Å². The SMILES string of the molecule is CC1CC(NCc2cscn2)C(C)O1. The molecule has 0 radical (unpaired) electrons. The van der Waals surface area contributed by atoms with Crippen molar-refractivity contribution in [2.75, 3.05) is 0 Å². The van der Waals surface area contributed by atoms with E-state index >= 15 is 0 Å². The summed E-state index contributed by atoms with van der Waals surface area (Å²) < 4.78 is 5.66. The first-order chi connectivity index (χ1) is 6.75. The normalized spacial score (nSPS) is 32.3. The van der Waals surface area contributed by atoms with E-state index < -0.39 is 0 Å². The van der Waals surface area contributed by atoms with Crippen LogP contribution in [0.3, 0.4) is 0 Å². The zero-order valence-electron chi connectivity index (χ0n) is 8.56. The van der Waals surface area contributed by atoms with E-state index in [1.165, 1.54) is 0 Å². The molecule has 2 rings (SSSR count). The number of aromatic nitrogens is 1. The maximum absolute atomic E-state index is 5.66. The number of rotatable bonds is 3. The van der Waals surface area contributed by atoms with Crippen LogP contribution < -0.4 is 5.32 Å².